The van der Waals surface area contributed by atoms with Gasteiger partial charge in [0.2, 0.25) is 11.8 Å². The normalized spacial score (nSPS) is 19.7. The van der Waals surface area contributed by atoms with Crippen LogP contribution >= 0.6 is 0 Å². The van der Waals surface area contributed by atoms with E-state index < -0.39 is 47.3 Å². The van der Waals surface area contributed by atoms with Crippen LogP contribution in [0.2, 0.25) is 0 Å². The Bertz CT molecular complexity index is 1310. The lowest BCUT2D eigenvalue weighted by atomic mass is 9.84. The van der Waals surface area contributed by atoms with E-state index in [1.165, 1.54) is 11.0 Å². The highest BCUT2D eigenvalue weighted by molar-refractivity contribution is 5.94. The van der Waals surface area contributed by atoms with E-state index in [2.05, 4.69) is 17.2 Å². The maximum Gasteiger partial charge on any atom is 0.408 e. The van der Waals surface area contributed by atoms with Gasteiger partial charge in [-0.2, -0.15) is 4.99 Å². The highest BCUT2D eigenvalue weighted by Crippen LogP contribution is 2.31. The molecule has 0 aliphatic carbocycles. The van der Waals surface area contributed by atoms with Gasteiger partial charge in [-0.25, -0.2) is 14.0 Å². The number of urea groups is 1. The second kappa shape index (κ2) is 16.3. The van der Waals surface area contributed by atoms with Crippen molar-refractivity contribution >= 4 is 29.8 Å². The van der Waals surface area contributed by atoms with Crippen molar-refractivity contribution < 1.29 is 33.0 Å². The molecule has 2 aliphatic heterocycles. The molecule has 0 unspecified atom stereocenters. The van der Waals surface area contributed by atoms with Gasteiger partial charge in [0, 0.05) is 37.5 Å². The Morgan fingerprint density at radius 2 is 1.70 bits per heavy atom. The number of benzene rings is 1. The summed E-state index contributed by atoms with van der Waals surface area (Å²) in [4.78, 5) is 58.0. The molecule has 2 heterocycles. The Balaban J connectivity index is 1.61. The molecule has 12 nitrogen and oxygen atoms in total. The van der Waals surface area contributed by atoms with Gasteiger partial charge >= 0.3 is 12.1 Å². The molecule has 5 amide bonds. The van der Waals surface area contributed by atoms with Gasteiger partial charge in [0.15, 0.2) is 0 Å². The fourth-order valence-electron chi connectivity index (χ4n) is 6.05. The highest BCUT2D eigenvalue weighted by atomic mass is 19.1. The number of nitrogens with zero attached hydrogens (tertiary/aromatic N) is 3. The fraction of sp³-hybridized carbons (Fsp3) is 0.676. The largest absolute Gasteiger partial charge is 0.493 e. The van der Waals surface area contributed by atoms with E-state index in [-0.39, 0.29) is 17.5 Å². The van der Waals surface area contributed by atoms with Crippen LogP contribution in [-0.2, 0) is 14.3 Å². The first kappa shape index (κ1) is 37.6. The number of hydrogen-bond donors (Lipinski definition) is 3. The third-order valence-corrected chi connectivity index (χ3v) is 9.04. The molecule has 1 aromatic rings. The summed E-state index contributed by atoms with van der Waals surface area (Å²) >= 11 is 0. The first-order valence-electron chi connectivity index (χ1n) is 16.6. The lowest BCUT2D eigenvalue weighted by molar-refractivity contribution is -0.139. The number of aliphatic imine (C=N–C) groups is 1. The molecule has 2 aliphatic rings. The number of primary amides is 1. The molecule has 3 rings (SSSR count). The number of carbonyl (C=O) groups is 4. The quantitative estimate of drug-likeness (QED) is 0.231. The van der Waals surface area contributed by atoms with Gasteiger partial charge in [-0.15, -0.1) is 0 Å². The molecule has 2 saturated heterocycles. The van der Waals surface area contributed by atoms with Crippen molar-refractivity contribution in [2.24, 2.45) is 34.2 Å². The zero-order chi connectivity index (χ0) is 35.1. The lowest BCUT2D eigenvalue weighted by Gasteiger charge is -2.34. The van der Waals surface area contributed by atoms with Crippen molar-refractivity contribution in [3.63, 3.8) is 0 Å². The summed E-state index contributed by atoms with van der Waals surface area (Å²) in [5.74, 6) is -1.08. The molecule has 0 radical (unpaired) electrons. The van der Waals surface area contributed by atoms with Crippen LogP contribution in [0.15, 0.2) is 23.2 Å². The summed E-state index contributed by atoms with van der Waals surface area (Å²) in [5, 5.41) is 2.61. The van der Waals surface area contributed by atoms with E-state index >= 15 is 4.39 Å². The number of hydrogen-bond acceptors (Lipinski definition) is 6. The third-order valence-electron chi connectivity index (χ3n) is 9.04. The van der Waals surface area contributed by atoms with Crippen molar-refractivity contribution in [2.45, 2.75) is 104 Å². The van der Waals surface area contributed by atoms with Crippen LogP contribution in [0.5, 0.6) is 5.75 Å². The molecule has 0 saturated carbocycles. The van der Waals surface area contributed by atoms with Crippen LogP contribution in [0.3, 0.4) is 0 Å². The minimum Gasteiger partial charge on any atom is -0.493 e. The molecule has 47 heavy (non-hydrogen) atoms. The molecule has 13 heteroatoms. The first-order valence-corrected chi connectivity index (χ1v) is 16.6. The Hall–Kier alpha value is -3.90. The van der Waals surface area contributed by atoms with Crippen molar-refractivity contribution in [1.29, 1.82) is 0 Å². The van der Waals surface area contributed by atoms with Gasteiger partial charge in [0.1, 0.15) is 35.1 Å². The Morgan fingerprint density at radius 3 is 2.28 bits per heavy atom. The standard InChI is InChI=1S/C34H53FN6O6/c1-20(2)29(36)39-32(44)40-16-12-23(13-17-40)21(3)14-18-46-24-10-11-25(26(35)19-24)22(4)28(38-33(45)47-34(5,6)7)31(43)41-15-8-9-27(41)30(37)42/h10-11,19-23,27-28H,8-9,12-18H2,1-7H3,(H2,37,42)(H,38,45)(H2,36,39,44)/t21-,22+,27+,28+/m1/s1. The maximum atomic E-state index is 15.5. The number of amides is 5. The number of nitrogens with one attached hydrogen (secondary N) is 1. The minimum atomic E-state index is -1.20. The number of alkyl carbamates (subject to hydrolysis) is 1. The molecule has 1 aromatic carbocycles. The van der Waals surface area contributed by atoms with E-state index in [1.807, 2.05) is 13.8 Å². The molecule has 0 aromatic heterocycles. The number of ether oxygens (including phenoxy) is 2. The lowest BCUT2D eigenvalue weighted by Crippen LogP contribution is -2.55. The predicted molar refractivity (Wildman–Crippen MR) is 177 cm³/mol. The Labute approximate surface area is 277 Å². The Morgan fingerprint density at radius 1 is 1.04 bits per heavy atom. The summed E-state index contributed by atoms with van der Waals surface area (Å²) in [7, 11) is 0. The number of piperidine rings is 1. The molecular weight excluding hydrogens is 607 g/mol. The minimum absolute atomic E-state index is 0.0179. The van der Waals surface area contributed by atoms with E-state index in [4.69, 9.17) is 20.9 Å². The van der Waals surface area contributed by atoms with Gasteiger partial charge in [-0.05, 0) is 76.3 Å². The van der Waals surface area contributed by atoms with Crippen molar-refractivity contribution in [1.82, 2.24) is 15.1 Å². The third kappa shape index (κ3) is 10.6. The van der Waals surface area contributed by atoms with Gasteiger partial charge in [-0.3, -0.25) is 9.59 Å². The van der Waals surface area contributed by atoms with Gasteiger partial charge in [0.25, 0.3) is 0 Å². The predicted octanol–water partition coefficient (Wildman–Crippen LogP) is 4.55. The van der Waals surface area contributed by atoms with Crippen molar-refractivity contribution in [3.8, 4) is 5.75 Å². The highest BCUT2D eigenvalue weighted by Gasteiger charge is 2.40. The van der Waals surface area contributed by atoms with Gasteiger partial charge in [0.05, 0.1) is 6.61 Å². The van der Waals surface area contributed by atoms with E-state index in [0.29, 0.717) is 62.5 Å². The van der Waals surface area contributed by atoms with Crippen LogP contribution in [0.4, 0.5) is 14.0 Å². The monoisotopic (exact) mass is 660 g/mol. The fourth-order valence-corrected chi connectivity index (χ4v) is 6.05. The average Bonchev–Trinajstić information content (AvgIpc) is 3.49. The first-order chi connectivity index (χ1) is 22.0. The molecule has 262 valence electrons. The van der Waals surface area contributed by atoms with Gasteiger partial charge in [-0.1, -0.05) is 33.8 Å². The number of amidine groups is 1. The zero-order valence-electron chi connectivity index (χ0n) is 28.9. The second-order valence-electron chi connectivity index (χ2n) is 14.1. The summed E-state index contributed by atoms with van der Waals surface area (Å²) in [6.45, 7) is 14.6. The second-order valence-corrected chi connectivity index (χ2v) is 14.1. The van der Waals surface area contributed by atoms with Crippen LogP contribution in [0, 0.1) is 23.6 Å². The van der Waals surface area contributed by atoms with E-state index in [0.717, 1.165) is 19.3 Å². The van der Waals surface area contributed by atoms with E-state index in [1.54, 1.807) is 44.7 Å². The topological polar surface area (TPSA) is 170 Å². The van der Waals surface area contributed by atoms with Crippen molar-refractivity contribution in [2.75, 3.05) is 26.2 Å². The molecule has 4 atom stereocenters. The van der Waals surface area contributed by atoms with Crippen molar-refractivity contribution in [3.05, 3.63) is 29.6 Å². The molecule has 5 N–H and O–H groups in total. The molecule has 2 fully saturated rings. The molecule has 0 bridgehead atoms. The molecule has 0 spiro atoms. The number of halogens is 1. The van der Waals surface area contributed by atoms with Crippen LogP contribution in [0.25, 0.3) is 0 Å². The van der Waals surface area contributed by atoms with Crippen LogP contribution < -0.4 is 21.5 Å². The summed E-state index contributed by atoms with van der Waals surface area (Å²) in [6.07, 6.45) is 2.67. The van der Waals surface area contributed by atoms with Crippen LogP contribution in [-0.4, -0.2) is 83.5 Å². The smallest absolute Gasteiger partial charge is 0.408 e. The summed E-state index contributed by atoms with van der Waals surface area (Å²) < 4.78 is 26.8. The average molecular weight is 661 g/mol. The van der Waals surface area contributed by atoms with Crippen LogP contribution in [0.1, 0.15) is 92.1 Å². The number of nitrogens with two attached hydrogens (primary N) is 2. The number of rotatable bonds is 11. The summed E-state index contributed by atoms with van der Waals surface area (Å²) in [6, 6.07) is 2.19. The van der Waals surface area contributed by atoms with E-state index in [9.17, 15) is 19.2 Å². The SMILES string of the molecule is CC(C)C(N)=NC(=O)N1CCC([C@H](C)CCOc2ccc([C@H](C)[C@H](NC(=O)OC(C)(C)C)C(=O)N3CCC[C@H]3C(N)=O)c(F)c2)CC1. The number of likely N-dealkylation sites (tertiary alicyclic amines) is 2. The van der Waals surface area contributed by atoms with Gasteiger partial charge < -0.3 is 36.1 Å². The molecular formula is C34H53FN6O6. The number of carbonyl (C=O) groups excluding carboxylic acids is 4. The maximum absolute atomic E-state index is 15.5. The Kier molecular flexibility index (Phi) is 13.0. The zero-order valence-corrected chi connectivity index (χ0v) is 28.9. The summed E-state index contributed by atoms with van der Waals surface area (Å²) in [5.41, 5.74) is 10.8.